The molecule has 1 aliphatic carbocycles. The van der Waals surface area contributed by atoms with Crippen LogP contribution in [0.4, 0.5) is 0 Å². The molecule has 8 heteroatoms. The van der Waals surface area contributed by atoms with Crippen molar-refractivity contribution in [1.29, 1.82) is 0 Å². The van der Waals surface area contributed by atoms with E-state index in [1.165, 1.54) is 6.42 Å². The number of halogens is 2. The van der Waals surface area contributed by atoms with Crippen LogP contribution in [0.1, 0.15) is 43.2 Å². The lowest BCUT2D eigenvalue weighted by atomic mass is 9.94. The molecule has 0 spiro atoms. The molecule has 1 aliphatic rings. The first-order valence-electron chi connectivity index (χ1n) is 13.3. The number of hydrogen-bond donors (Lipinski definition) is 1. The molecule has 1 N–H and O–H groups in total. The molecule has 0 bridgehead atoms. The standard InChI is InChI=1S/C31H34BrClN2O4/c1-38-26-14-8-11-23(17-26)20-35(30(36)21-39-29-16-15-24(32)19-27(29)33)28(18-22-9-4-2-5-10-22)31(37)34-25-12-6-3-7-13-25/h2,4-5,8-11,14-17,19,25,28H,3,6-7,12-13,18,20-21H2,1H3,(H,34,37)/t28-/m1/s1. The molecule has 0 saturated heterocycles. The molecule has 4 rings (SSSR count). The van der Waals surface area contributed by atoms with Crippen LogP contribution < -0.4 is 14.8 Å². The molecule has 0 unspecified atom stereocenters. The predicted molar refractivity (Wildman–Crippen MR) is 157 cm³/mol. The normalized spacial score (nSPS) is 14.3. The zero-order valence-corrected chi connectivity index (χ0v) is 24.4. The van der Waals surface area contributed by atoms with Crippen LogP contribution in [-0.4, -0.2) is 42.5 Å². The number of rotatable bonds is 11. The Morgan fingerprint density at radius 3 is 2.46 bits per heavy atom. The van der Waals surface area contributed by atoms with Gasteiger partial charge in [-0.3, -0.25) is 9.59 Å². The molecule has 1 fully saturated rings. The van der Waals surface area contributed by atoms with Gasteiger partial charge in [-0.25, -0.2) is 0 Å². The van der Waals surface area contributed by atoms with Crippen molar-refractivity contribution in [3.63, 3.8) is 0 Å². The number of ether oxygens (including phenoxy) is 2. The highest BCUT2D eigenvalue weighted by molar-refractivity contribution is 9.10. The highest BCUT2D eigenvalue weighted by Gasteiger charge is 2.32. The molecule has 3 aromatic carbocycles. The molecule has 0 aliphatic heterocycles. The van der Waals surface area contributed by atoms with Crippen molar-refractivity contribution >= 4 is 39.3 Å². The predicted octanol–water partition coefficient (Wildman–Crippen LogP) is 6.58. The summed E-state index contributed by atoms with van der Waals surface area (Å²) in [6, 6.07) is 21.9. The summed E-state index contributed by atoms with van der Waals surface area (Å²) >= 11 is 9.71. The number of benzene rings is 3. The van der Waals surface area contributed by atoms with Gasteiger partial charge in [-0.05, 0) is 54.3 Å². The summed E-state index contributed by atoms with van der Waals surface area (Å²) in [6.07, 6.45) is 5.69. The Morgan fingerprint density at radius 1 is 1.00 bits per heavy atom. The van der Waals surface area contributed by atoms with Gasteiger partial charge in [-0.15, -0.1) is 0 Å². The maximum atomic E-state index is 13.8. The lowest BCUT2D eigenvalue weighted by molar-refractivity contribution is -0.143. The van der Waals surface area contributed by atoms with Crippen molar-refractivity contribution in [3.8, 4) is 11.5 Å². The van der Waals surface area contributed by atoms with E-state index in [0.717, 1.165) is 41.3 Å². The van der Waals surface area contributed by atoms with E-state index in [1.54, 1.807) is 30.2 Å². The highest BCUT2D eigenvalue weighted by Crippen LogP contribution is 2.28. The molecule has 39 heavy (non-hydrogen) atoms. The summed E-state index contributed by atoms with van der Waals surface area (Å²) in [6.45, 7) is -0.0314. The quantitative estimate of drug-likeness (QED) is 0.265. The Kier molecular flexibility index (Phi) is 10.7. The Balaban J connectivity index is 1.63. The minimum atomic E-state index is -0.725. The molecule has 0 heterocycles. The first-order valence-corrected chi connectivity index (χ1v) is 14.4. The maximum Gasteiger partial charge on any atom is 0.261 e. The van der Waals surface area contributed by atoms with Crippen molar-refractivity contribution in [2.75, 3.05) is 13.7 Å². The molecule has 206 valence electrons. The van der Waals surface area contributed by atoms with Gasteiger partial charge >= 0.3 is 0 Å². The first kappa shape index (κ1) is 29.0. The monoisotopic (exact) mass is 612 g/mol. The summed E-state index contributed by atoms with van der Waals surface area (Å²) in [5.41, 5.74) is 1.83. The molecular weight excluding hydrogens is 580 g/mol. The van der Waals surface area contributed by atoms with Crippen LogP contribution in [0.3, 0.4) is 0 Å². The zero-order chi connectivity index (χ0) is 27.6. The second-order valence-corrected chi connectivity index (χ2v) is 11.1. The van der Waals surface area contributed by atoms with Gasteiger partial charge in [0, 0.05) is 23.5 Å². The fourth-order valence-corrected chi connectivity index (χ4v) is 5.61. The molecule has 6 nitrogen and oxygen atoms in total. The lowest BCUT2D eigenvalue weighted by Crippen LogP contribution is -2.53. The van der Waals surface area contributed by atoms with Crippen molar-refractivity contribution in [1.82, 2.24) is 10.2 Å². The minimum absolute atomic E-state index is 0.121. The lowest BCUT2D eigenvalue weighted by Gasteiger charge is -2.33. The Morgan fingerprint density at radius 2 is 1.74 bits per heavy atom. The van der Waals surface area contributed by atoms with E-state index in [2.05, 4.69) is 21.2 Å². The number of carbonyl (C=O) groups excluding carboxylic acids is 2. The van der Waals surface area contributed by atoms with Crippen molar-refractivity contribution in [3.05, 3.63) is 93.4 Å². The maximum absolute atomic E-state index is 13.8. The Hall–Kier alpha value is -3.03. The van der Waals surface area contributed by atoms with Gasteiger partial charge in [-0.2, -0.15) is 0 Å². The summed E-state index contributed by atoms with van der Waals surface area (Å²) in [5.74, 6) is 0.630. The average molecular weight is 614 g/mol. The van der Waals surface area contributed by atoms with Crippen molar-refractivity contribution < 1.29 is 19.1 Å². The molecule has 3 aromatic rings. The fraction of sp³-hybridized carbons (Fsp3) is 0.355. The van der Waals surface area contributed by atoms with Crippen LogP contribution in [0.25, 0.3) is 0 Å². The highest BCUT2D eigenvalue weighted by atomic mass is 79.9. The Bertz CT molecular complexity index is 1250. The van der Waals surface area contributed by atoms with Gasteiger partial charge in [0.15, 0.2) is 6.61 Å². The van der Waals surface area contributed by atoms with Crippen LogP contribution in [0, 0.1) is 0 Å². The van der Waals surface area contributed by atoms with E-state index < -0.39 is 6.04 Å². The van der Waals surface area contributed by atoms with E-state index in [4.69, 9.17) is 21.1 Å². The number of hydrogen-bond acceptors (Lipinski definition) is 4. The summed E-state index contributed by atoms with van der Waals surface area (Å²) in [7, 11) is 1.60. The van der Waals surface area contributed by atoms with Gasteiger partial charge in [0.05, 0.1) is 12.1 Å². The SMILES string of the molecule is COc1cccc(CN(C(=O)COc2ccc(Br)cc2Cl)[C@H](Cc2ccccc2)C(=O)NC2CCCCC2)c1. The van der Waals surface area contributed by atoms with Crippen molar-refractivity contribution in [2.45, 2.75) is 57.2 Å². The van der Waals surface area contributed by atoms with Crippen LogP contribution in [0.5, 0.6) is 11.5 Å². The number of carbonyl (C=O) groups is 2. The molecule has 0 aromatic heterocycles. The second kappa shape index (κ2) is 14.4. The van der Waals surface area contributed by atoms with Crippen LogP contribution in [-0.2, 0) is 22.6 Å². The van der Waals surface area contributed by atoms with Crippen LogP contribution in [0.2, 0.25) is 5.02 Å². The topological polar surface area (TPSA) is 67.9 Å². The molecular formula is C31H34BrClN2O4. The van der Waals surface area contributed by atoms with E-state index in [1.807, 2.05) is 54.6 Å². The summed E-state index contributed by atoms with van der Waals surface area (Å²) < 4.78 is 12.1. The third-order valence-electron chi connectivity index (χ3n) is 6.95. The molecule has 1 atom stereocenters. The van der Waals surface area contributed by atoms with Crippen LogP contribution >= 0.6 is 27.5 Å². The summed E-state index contributed by atoms with van der Waals surface area (Å²) in [5, 5.41) is 3.64. The van der Waals surface area contributed by atoms with Gasteiger partial charge in [-0.1, -0.05) is 89.3 Å². The van der Waals surface area contributed by atoms with Gasteiger partial charge in [0.1, 0.15) is 17.5 Å². The first-order chi connectivity index (χ1) is 18.9. The average Bonchev–Trinajstić information content (AvgIpc) is 2.95. The van der Waals surface area contributed by atoms with Crippen molar-refractivity contribution in [2.24, 2.45) is 0 Å². The number of nitrogens with one attached hydrogen (secondary N) is 1. The smallest absolute Gasteiger partial charge is 0.261 e. The van der Waals surface area contributed by atoms with Gasteiger partial charge < -0.3 is 19.7 Å². The molecule has 0 radical (unpaired) electrons. The number of nitrogens with zero attached hydrogens (tertiary/aromatic N) is 1. The van der Waals surface area contributed by atoms with Gasteiger partial charge in [0.2, 0.25) is 5.91 Å². The van der Waals surface area contributed by atoms with E-state index in [0.29, 0.717) is 22.9 Å². The Labute approximate surface area is 243 Å². The number of amides is 2. The molecule has 1 saturated carbocycles. The van der Waals surface area contributed by atoms with Crippen LogP contribution in [0.15, 0.2) is 77.3 Å². The zero-order valence-electron chi connectivity index (χ0n) is 22.1. The third-order valence-corrected chi connectivity index (χ3v) is 7.74. The van der Waals surface area contributed by atoms with E-state index in [-0.39, 0.29) is 31.0 Å². The van der Waals surface area contributed by atoms with Gasteiger partial charge in [0.25, 0.3) is 5.91 Å². The van der Waals surface area contributed by atoms with E-state index in [9.17, 15) is 9.59 Å². The summed E-state index contributed by atoms with van der Waals surface area (Å²) in [4.78, 5) is 29.3. The third kappa shape index (κ3) is 8.48. The second-order valence-electron chi connectivity index (χ2n) is 9.79. The minimum Gasteiger partial charge on any atom is -0.497 e. The fourth-order valence-electron chi connectivity index (χ4n) is 4.88. The number of methoxy groups -OCH3 is 1. The molecule has 2 amide bonds. The largest absolute Gasteiger partial charge is 0.497 e. The van der Waals surface area contributed by atoms with E-state index >= 15 is 0 Å².